The molecule has 0 saturated carbocycles. The summed E-state index contributed by atoms with van der Waals surface area (Å²) in [6.07, 6.45) is 0.115. The van der Waals surface area contributed by atoms with E-state index in [1.165, 1.54) is 0 Å². The van der Waals surface area contributed by atoms with Crippen molar-refractivity contribution in [1.82, 2.24) is 5.32 Å². The summed E-state index contributed by atoms with van der Waals surface area (Å²) in [7, 11) is 0. The van der Waals surface area contributed by atoms with Crippen LogP contribution in [0.4, 0.5) is 0 Å². The SMILES string of the molecule is CC(C)Oc1ccccc1C(C)NC(=O)C(C)Br. The highest BCUT2D eigenvalue weighted by Gasteiger charge is 2.16. The van der Waals surface area contributed by atoms with E-state index in [-0.39, 0.29) is 22.9 Å². The van der Waals surface area contributed by atoms with Crippen LogP contribution in [-0.4, -0.2) is 16.8 Å². The summed E-state index contributed by atoms with van der Waals surface area (Å²) in [5.41, 5.74) is 0.993. The molecule has 18 heavy (non-hydrogen) atoms. The van der Waals surface area contributed by atoms with Crippen LogP contribution in [0, 0.1) is 0 Å². The van der Waals surface area contributed by atoms with Crippen LogP contribution in [0.1, 0.15) is 39.3 Å². The molecular formula is C14H20BrNO2. The maximum absolute atomic E-state index is 11.7. The quantitative estimate of drug-likeness (QED) is 0.846. The van der Waals surface area contributed by atoms with Gasteiger partial charge in [0, 0.05) is 5.56 Å². The highest BCUT2D eigenvalue weighted by Crippen LogP contribution is 2.25. The van der Waals surface area contributed by atoms with Crippen LogP contribution in [-0.2, 0) is 4.79 Å². The number of carbonyl (C=O) groups is 1. The van der Waals surface area contributed by atoms with Gasteiger partial charge in [0.05, 0.1) is 17.0 Å². The molecule has 0 bridgehead atoms. The summed E-state index contributed by atoms with van der Waals surface area (Å²) in [5.74, 6) is 0.796. The van der Waals surface area contributed by atoms with Crippen LogP contribution in [0.2, 0.25) is 0 Å². The second kappa shape index (κ2) is 6.78. The van der Waals surface area contributed by atoms with Crippen molar-refractivity contribution in [2.24, 2.45) is 0 Å². The molecule has 1 amide bonds. The number of alkyl halides is 1. The van der Waals surface area contributed by atoms with Crippen molar-refractivity contribution in [3.63, 3.8) is 0 Å². The Labute approximate surface area is 117 Å². The monoisotopic (exact) mass is 313 g/mol. The van der Waals surface area contributed by atoms with E-state index in [4.69, 9.17) is 4.74 Å². The van der Waals surface area contributed by atoms with E-state index in [0.29, 0.717) is 0 Å². The summed E-state index contributed by atoms with van der Waals surface area (Å²) in [5, 5.41) is 2.94. The number of hydrogen-bond acceptors (Lipinski definition) is 2. The Bertz CT molecular complexity index is 405. The van der Waals surface area contributed by atoms with E-state index >= 15 is 0 Å². The van der Waals surface area contributed by atoms with Crippen molar-refractivity contribution in [1.29, 1.82) is 0 Å². The molecule has 0 spiro atoms. The number of amides is 1. The predicted octanol–water partition coefficient (Wildman–Crippen LogP) is 3.43. The molecule has 0 fully saturated rings. The lowest BCUT2D eigenvalue weighted by molar-refractivity contribution is -0.120. The molecule has 2 unspecified atom stereocenters. The Balaban J connectivity index is 2.84. The van der Waals surface area contributed by atoms with E-state index in [9.17, 15) is 4.79 Å². The Morgan fingerprint density at radius 1 is 1.22 bits per heavy atom. The molecule has 0 aliphatic carbocycles. The van der Waals surface area contributed by atoms with Crippen LogP contribution in [0.5, 0.6) is 5.75 Å². The van der Waals surface area contributed by atoms with Gasteiger partial charge in [-0.1, -0.05) is 34.1 Å². The summed E-state index contributed by atoms with van der Waals surface area (Å²) in [6, 6.07) is 7.70. The number of carbonyl (C=O) groups excluding carboxylic acids is 1. The third-order valence-electron chi connectivity index (χ3n) is 2.47. The first kappa shape index (κ1) is 15.0. The smallest absolute Gasteiger partial charge is 0.233 e. The van der Waals surface area contributed by atoms with Gasteiger partial charge in [0.2, 0.25) is 5.91 Å². The van der Waals surface area contributed by atoms with Crippen LogP contribution in [0.15, 0.2) is 24.3 Å². The summed E-state index contributed by atoms with van der Waals surface area (Å²) in [6.45, 7) is 7.73. The molecule has 0 radical (unpaired) electrons. The molecule has 0 heterocycles. The highest BCUT2D eigenvalue weighted by atomic mass is 79.9. The maximum Gasteiger partial charge on any atom is 0.233 e. The van der Waals surface area contributed by atoms with E-state index in [2.05, 4.69) is 21.2 Å². The highest BCUT2D eigenvalue weighted by molar-refractivity contribution is 9.10. The van der Waals surface area contributed by atoms with E-state index < -0.39 is 0 Å². The molecule has 0 aromatic heterocycles. The van der Waals surface area contributed by atoms with Crippen molar-refractivity contribution in [3.8, 4) is 5.75 Å². The van der Waals surface area contributed by atoms with Crippen LogP contribution in [0.25, 0.3) is 0 Å². The molecule has 1 rings (SSSR count). The standard InChI is InChI=1S/C14H20BrNO2/c1-9(2)18-13-8-6-5-7-12(13)11(4)16-14(17)10(3)15/h5-11H,1-4H3,(H,16,17). The minimum Gasteiger partial charge on any atom is -0.491 e. The topological polar surface area (TPSA) is 38.3 Å². The first-order valence-electron chi connectivity index (χ1n) is 6.11. The molecular weight excluding hydrogens is 294 g/mol. The van der Waals surface area contributed by atoms with Crippen molar-refractivity contribution in [3.05, 3.63) is 29.8 Å². The molecule has 2 atom stereocenters. The number of para-hydroxylation sites is 1. The van der Waals surface area contributed by atoms with Gasteiger partial charge in [0.25, 0.3) is 0 Å². The molecule has 3 nitrogen and oxygen atoms in total. The fraction of sp³-hybridized carbons (Fsp3) is 0.500. The Hall–Kier alpha value is -1.03. The summed E-state index contributed by atoms with van der Waals surface area (Å²) >= 11 is 3.26. The predicted molar refractivity (Wildman–Crippen MR) is 77.2 cm³/mol. The third kappa shape index (κ3) is 4.33. The van der Waals surface area contributed by atoms with Gasteiger partial charge in [0.1, 0.15) is 5.75 Å². The fourth-order valence-electron chi connectivity index (χ4n) is 1.61. The Morgan fingerprint density at radius 2 is 1.83 bits per heavy atom. The first-order valence-corrected chi connectivity index (χ1v) is 7.03. The second-order valence-electron chi connectivity index (χ2n) is 4.55. The molecule has 1 aromatic carbocycles. The zero-order chi connectivity index (χ0) is 13.7. The lowest BCUT2D eigenvalue weighted by Gasteiger charge is -2.20. The normalized spacial score (nSPS) is 14.1. The van der Waals surface area contributed by atoms with E-state index in [1.807, 2.05) is 45.0 Å². The van der Waals surface area contributed by atoms with Crippen molar-refractivity contribution >= 4 is 21.8 Å². The number of nitrogens with one attached hydrogen (secondary N) is 1. The van der Waals surface area contributed by atoms with Gasteiger partial charge >= 0.3 is 0 Å². The number of halogens is 1. The van der Waals surface area contributed by atoms with Gasteiger partial charge in [-0.25, -0.2) is 0 Å². The molecule has 100 valence electrons. The minimum absolute atomic E-state index is 0.0261. The zero-order valence-electron chi connectivity index (χ0n) is 11.2. The zero-order valence-corrected chi connectivity index (χ0v) is 12.8. The summed E-state index contributed by atoms with van der Waals surface area (Å²) in [4.78, 5) is 11.5. The fourth-order valence-corrected chi connectivity index (χ4v) is 1.74. The number of rotatable bonds is 5. The van der Waals surface area contributed by atoms with Crippen molar-refractivity contribution in [2.75, 3.05) is 0 Å². The Morgan fingerprint density at radius 3 is 2.39 bits per heavy atom. The minimum atomic E-state index is -0.196. The lowest BCUT2D eigenvalue weighted by atomic mass is 10.1. The number of ether oxygens (including phenoxy) is 1. The molecule has 1 aromatic rings. The van der Waals surface area contributed by atoms with Gasteiger partial charge < -0.3 is 10.1 Å². The van der Waals surface area contributed by atoms with Gasteiger partial charge in [-0.2, -0.15) is 0 Å². The first-order chi connectivity index (χ1) is 8.41. The van der Waals surface area contributed by atoms with E-state index in [0.717, 1.165) is 11.3 Å². The van der Waals surface area contributed by atoms with Crippen molar-refractivity contribution in [2.45, 2.75) is 44.7 Å². The number of benzene rings is 1. The second-order valence-corrected chi connectivity index (χ2v) is 5.92. The maximum atomic E-state index is 11.7. The average molecular weight is 314 g/mol. The Kier molecular flexibility index (Phi) is 5.66. The summed E-state index contributed by atoms with van der Waals surface area (Å²) < 4.78 is 5.75. The third-order valence-corrected chi connectivity index (χ3v) is 2.88. The molecule has 0 saturated heterocycles. The van der Waals surface area contributed by atoms with Gasteiger partial charge in [-0.3, -0.25) is 4.79 Å². The average Bonchev–Trinajstić information content (AvgIpc) is 2.28. The molecule has 0 aliphatic heterocycles. The number of hydrogen-bond donors (Lipinski definition) is 1. The van der Waals surface area contributed by atoms with Crippen LogP contribution < -0.4 is 10.1 Å². The van der Waals surface area contributed by atoms with E-state index in [1.54, 1.807) is 6.92 Å². The van der Waals surface area contributed by atoms with Gasteiger partial charge in [0.15, 0.2) is 0 Å². The van der Waals surface area contributed by atoms with Crippen LogP contribution in [0.3, 0.4) is 0 Å². The van der Waals surface area contributed by atoms with Crippen LogP contribution >= 0.6 is 15.9 Å². The largest absolute Gasteiger partial charge is 0.491 e. The lowest BCUT2D eigenvalue weighted by Crippen LogP contribution is -2.32. The molecule has 1 N–H and O–H groups in total. The molecule has 4 heteroatoms. The molecule has 0 aliphatic rings. The van der Waals surface area contributed by atoms with Gasteiger partial charge in [-0.05, 0) is 33.8 Å². The van der Waals surface area contributed by atoms with Crippen molar-refractivity contribution < 1.29 is 9.53 Å². The van der Waals surface area contributed by atoms with Gasteiger partial charge in [-0.15, -0.1) is 0 Å².